The van der Waals surface area contributed by atoms with Crippen LogP contribution in [0.25, 0.3) is 74.8 Å². The molecule has 0 aliphatic carbocycles. The Morgan fingerprint density at radius 1 is 0.333 bits per heavy atom. The number of rotatable bonds is 7. The van der Waals surface area contributed by atoms with E-state index in [1.807, 2.05) is 11.3 Å². The van der Waals surface area contributed by atoms with Crippen molar-refractivity contribution in [2.75, 3.05) is 9.80 Å². The Kier molecular flexibility index (Phi) is 8.03. The summed E-state index contributed by atoms with van der Waals surface area (Å²) in [6, 6.07) is 78.6. The first-order chi connectivity index (χ1) is 29.8. The molecule has 60 heavy (non-hydrogen) atoms. The predicted molar refractivity (Wildman–Crippen MR) is 256 cm³/mol. The van der Waals surface area contributed by atoms with Gasteiger partial charge >= 0.3 is 0 Å². The third-order valence-electron chi connectivity index (χ3n) is 11.8. The van der Waals surface area contributed by atoms with E-state index in [1.54, 1.807) is 0 Å². The summed E-state index contributed by atoms with van der Waals surface area (Å²) in [6.07, 6.45) is 0. The number of thiophene rings is 1. The quantitative estimate of drug-likeness (QED) is 0.160. The van der Waals surface area contributed by atoms with Crippen LogP contribution < -0.4 is 9.80 Å². The molecule has 12 aromatic rings. The molecule has 0 aliphatic rings. The van der Waals surface area contributed by atoms with Crippen LogP contribution in [-0.2, 0) is 0 Å². The third kappa shape index (κ3) is 5.57. The highest BCUT2D eigenvalue weighted by molar-refractivity contribution is 7.26. The average Bonchev–Trinajstić information content (AvgIpc) is 3.90. The zero-order valence-corrected chi connectivity index (χ0v) is 33.3. The van der Waals surface area contributed by atoms with Gasteiger partial charge in [0.1, 0.15) is 11.3 Å². The molecule has 0 fully saturated rings. The molecule has 2 heterocycles. The minimum atomic E-state index is 0.825. The highest BCUT2D eigenvalue weighted by Crippen LogP contribution is 2.53. The van der Waals surface area contributed by atoms with Crippen molar-refractivity contribution in [2.45, 2.75) is 0 Å². The summed E-state index contributed by atoms with van der Waals surface area (Å²) in [7, 11) is 0. The minimum absolute atomic E-state index is 0.825. The van der Waals surface area contributed by atoms with Crippen molar-refractivity contribution in [3.63, 3.8) is 0 Å². The van der Waals surface area contributed by atoms with Crippen LogP contribution in [0.2, 0.25) is 0 Å². The lowest BCUT2D eigenvalue weighted by atomic mass is 10.0. The molecule has 4 heteroatoms. The molecule has 0 aliphatic heterocycles. The van der Waals surface area contributed by atoms with Crippen molar-refractivity contribution in [1.82, 2.24) is 0 Å². The number of benzene rings is 10. The fourth-order valence-corrected chi connectivity index (χ4v) is 10.2. The van der Waals surface area contributed by atoms with Gasteiger partial charge in [0.05, 0.1) is 16.1 Å². The second-order valence-corrected chi connectivity index (χ2v) is 16.3. The molecule has 0 bridgehead atoms. The first kappa shape index (κ1) is 34.4. The first-order valence-electron chi connectivity index (χ1n) is 20.3. The molecule has 0 spiro atoms. The molecule has 0 amide bonds. The number of hydrogen-bond acceptors (Lipinski definition) is 4. The van der Waals surface area contributed by atoms with Gasteiger partial charge in [0, 0.05) is 48.7 Å². The second-order valence-electron chi connectivity index (χ2n) is 15.3. The van der Waals surface area contributed by atoms with E-state index in [4.69, 9.17) is 4.42 Å². The van der Waals surface area contributed by atoms with Gasteiger partial charge in [0.25, 0.3) is 0 Å². The summed E-state index contributed by atoms with van der Waals surface area (Å²) in [6.45, 7) is 0. The Hall–Kier alpha value is -7.66. The number of nitrogens with zero attached hydrogens (tertiary/aromatic N) is 2. The van der Waals surface area contributed by atoms with E-state index >= 15 is 0 Å². The second kappa shape index (κ2) is 14.0. The standard InChI is InChI=1S/C56H36N2OS/c1-3-17-42(18-4-1)57(44-31-28-38(29-32-44)41-27-26-37-14-7-8-16-40(37)36-41)53-50(35-34-48-47-33-30-39-15-9-10-21-45(39)54(47)59-55(48)53)58(43-19-5-2-6-20-43)51-24-13-23-49-46-22-11-12-25-52(46)60-56(49)51/h1-36H. The molecule has 12 rings (SSSR count). The van der Waals surface area contributed by atoms with E-state index in [0.29, 0.717) is 0 Å². The largest absolute Gasteiger partial charge is 0.453 e. The number of anilines is 6. The van der Waals surface area contributed by atoms with Crippen molar-refractivity contribution < 1.29 is 4.42 Å². The van der Waals surface area contributed by atoms with Crippen molar-refractivity contribution >= 4 is 109 Å². The Balaban J connectivity index is 1.16. The van der Waals surface area contributed by atoms with Crippen LogP contribution >= 0.6 is 11.3 Å². The fourth-order valence-electron chi connectivity index (χ4n) is 8.99. The van der Waals surface area contributed by atoms with Crippen LogP contribution in [0.5, 0.6) is 0 Å². The van der Waals surface area contributed by atoms with Crippen molar-refractivity contribution in [2.24, 2.45) is 0 Å². The normalized spacial score (nSPS) is 11.7. The van der Waals surface area contributed by atoms with Gasteiger partial charge in [0.15, 0.2) is 5.58 Å². The van der Waals surface area contributed by atoms with Gasteiger partial charge in [0.2, 0.25) is 0 Å². The van der Waals surface area contributed by atoms with E-state index in [1.165, 1.54) is 36.5 Å². The molecule has 0 radical (unpaired) electrons. The van der Waals surface area contributed by atoms with Gasteiger partial charge in [-0.1, -0.05) is 146 Å². The lowest BCUT2D eigenvalue weighted by Crippen LogP contribution is -2.17. The lowest BCUT2D eigenvalue weighted by molar-refractivity contribution is 0.673. The number of fused-ring (bicyclic) bond motifs is 9. The van der Waals surface area contributed by atoms with E-state index in [0.717, 1.165) is 72.4 Å². The zero-order chi connectivity index (χ0) is 39.6. The molecule has 0 saturated carbocycles. The maximum Gasteiger partial charge on any atom is 0.161 e. The maximum absolute atomic E-state index is 7.29. The van der Waals surface area contributed by atoms with Gasteiger partial charge in [-0.05, 0) is 100 Å². The first-order valence-corrected chi connectivity index (χ1v) is 21.2. The van der Waals surface area contributed by atoms with E-state index in [2.05, 4.69) is 228 Å². The molecule has 10 aromatic carbocycles. The Bertz CT molecular complexity index is 3550. The molecule has 3 nitrogen and oxygen atoms in total. The summed E-state index contributed by atoms with van der Waals surface area (Å²) in [5, 5.41) is 9.39. The van der Waals surface area contributed by atoms with Crippen LogP contribution in [0.4, 0.5) is 34.1 Å². The Morgan fingerprint density at radius 2 is 0.917 bits per heavy atom. The Morgan fingerprint density at radius 3 is 1.72 bits per heavy atom. The molecule has 0 atom stereocenters. The topological polar surface area (TPSA) is 19.6 Å². The Labute approximate surface area is 351 Å². The smallest absolute Gasteiger partial charge is 0.161 e. The molecule has 0 saturated heterocycles. The van der Waals surface area contributed by atoms with E-state index in [-0.39, 0.29) is 0 Å². The molecule has 2 aromatic heterocycles. The van der Waals surface area contributed by atoms with E-state index in [9.17, 15) is 0 Å². The molecular weight excluding hydrogens is 749 g/mol. The molecular formula is C56H36N2OS. The number of para-hydroxylation sites is 2. The van der Waals surface area contributed by atoms with Crippen LogP contribution in [-0.4, -0.2) is 0 Å². The highest BCUT2D eigenvalue weighted by Gasteiger charge is 2.29. The van der Waals surface area contributed by atoms with Crippen LogP contribution in [0, 0.1) is 0 Å². The predicted octanol–water partition coefficient (Wildman–Crippen LogP) is 16.9. The van der Waals surface area contributed by atoms with Crippen molar-refractivity contribution in [3.8, 4) is 11.1 Å². The van der Waals surface area contributed by atoms with Crippen molar-refractivity contribution in [1.29, 1.82) is 0 Å². The molecule has 282 valence electrons. The van der Waals surface area contributed by atoms with Gasteiger partial charge in [-0.3, -0.25) is 0 Å². The SMILES string of the molecule is c1ccc(N(c2ccc(-c3ccc4ccccc4c3)cc2)c2c(N(c3ccccc3)c3cccc4c3sc3ccccc34)ccc3c2oc2c4ccccc4ccc32)cc1. The third-order valence-corrected chi connectivity index (χ3v) is 13.0. The summed E-state index contributed by atoms with van der Waals surface area (Å²) < 4.78 is 9.79. The summed E-state index contributed by atoms with van der Waals surface area (Å²) in [5.74, 6) is 0. The van der Waals surface area contributed by atoms with Gasteiger partial charge < -0.3 is 14.2 Å². The number of hydrogen-bond donors (Lipinski definition) is 0. The minimum Gasteiger partial charge on any atom is -0.453 e. The van der Waals surface area contributed by atoms with Gasteiger partial charge in [-0.15, -0.1) is 11.3 Å². The number of furan rings is 1. The fraction of sp³-hybridized carbons (Fsp3) is 0. The van der Waals surface area contributed by atoms with Crippen molar-refractivity contribution in [3.05, 3.63) is 218 Å². The van der Waals surface area contributed by atoms with Gasteiger partial charge in [-0.2, -0.15) is 0 Å². The van der Waals surface area contributed by atoms with Crippen LogP contribution in [0.15, 0.2) is 223 Å². The average molecular weight is 785 g/mol. The lowest BCUT2D eigenvalue weighted by Gasteiger charge is -2.33. The van der Waals surface area contributed by atoms with E-state index < -0.39 is 0 Å². The monoisotopic (exact) mass is 784 g/mol. The molecule has 0 unspecified atom stereocenters. The summed E-state index contributed by atoms with van der Waals surface area (Å²) >= 11 is 1.84. The maximum atomic E-state index is 7.29. The highest BCUT2D eigenvalue weighted by atomic mass is 32.1. The summed E-state index contributed by atoms with van der Waals surface area (Å²) in [4.78, 5) is 4.81. The molecule has 0 N–H and O–H groups in total. The van der Waals surface area contributed by atoms with Gasteiger partial charge in [-0.25, -0.2) is 0 Å². The zero-order valence-electron chi connectivity index (χ0n) is 32.5. The van der Waals surface area contributed by atoms with Crippen LogP contribution in [0.3, 0.4) is 0 Å². The summed E-state index contributed by atoms with van der Waals surface area (Å²) in [5.41, 5.74) is 10.2. The van der Waals surface area contributed by atoms with Crippen LogP contribution in [0.1, 0.15) is 0 Å².